The van der Waals surface area contributed by atoms with E-state index in [1.807, 2.05) is 0 Å². The summed E-state index contributed by atoms with van der Waals surface area (Å²) in [6.45, 7) is 2.28. The van der Waals surface area contributed by atoms with Crippen LogP contribution in [0.1, 0.15) is 64.7 Å². The van der Waals surface area contributed by atoms with Gasteiger partial charge < -0.3 is 0 Å². The zero-order chi connectivity index (χ0) is 9.07. The van der Waals surface area contributed by atoms with Gasteiger partial charge in [-0.3, -0.25) is 4.70 Å². The molecule has 0 unspecified atom stereocenters. The second kappa shape index (κ2) is 16.0. The van der Waals surface area contributed by atoms with Crippen LogP contribution in [0.2, 0.25) is 0.515 Å². The molecule has 76 valence electrons. The van der Waals surface area contributed by atoms with Gasteiger partial charge in [-0.05, 0) is 0 Å². The molecule has 0 saturated carbocycles. The predicted molar refractivity (Wildman–Crippen MR) is 60.3 cm³/mol. The first-order valence-electron chi connectivity index (χ1n) is 5.91. The van der Waals surface area contributed by atoms with Gasteiger partial charge >= 0.3 is 114 Å². The fraction of sp³-hybridized carbons (Fsp3) is 1.00. The Morgan fingerprint density at radius 1 is 0.692 bits per heavy atom. The normalized spacial score (nSPS) is 9.77. The van der Waals surface area contributed by atoms with Crippen LogP contribution < -0.4 is 0 Å². The quantitative estimate of drug-likeness (QED) is 0.397. The second-order valence-electron chi connectivity index (χ2n) is 3.83. The molecule has 0 spiro atoms. The molecule has 0 radical (unpaired) electrons. The van der Waals surface area contributed by atoms with E-state index in [0.29, 0.717) is 0 Å². The minimum absolute atomic E-state index is 0. The standard InChI is InChI=1S/C11H23.FH.K/c1-3-5-7-9-11-10-8-6-4-2;;/h1,3-11H2,2H3;1H;. The molecule has 0 atom stereocenters. The fourth-order valence-corrected chi connectivity index (χ4v) is 2.34. The summed E-state index contributed by atoms with van der Waals surface area (Å²) in [5.74, 6) is 0. The van der Waals surface area contributed by atoms with Gasteiger partial charge in [-0.25, -0.2) is 0 Å². The summed E-state index contributed by atoms with van der Waals surface area (Å²) in [5, 5.41) is 0. The first kappa shape index (κ1) is 17.0. The number of rotatable bonds is 9. The van der Waals surface area contributed by atoms with E-state index < -0.39 is 0 Å². The van der Waals surface area contributed by atoms with Crippen molar-refractivity contribution < 1.29 is 4.70 Å². The van der Waals surface area contributed by atoms with E-state index in [9.17, 15) is 0 Å². The van der Waals surface area contributed by atoms with Gasteiger partial charge in [-0.15, -0.1) is 0 Å². The van der Waals surface area contributed by atoms with Gasteiger partial charge in [0.25, 0.3) is 0 Å². The maximum absolute atomic E-state index is 2.28. The Hall–Kier alpha value is 1.57. The Labute approximate surface area is 117 Å². The van der Waals surface area contributed by atoms with E-state index in [-0.39, 0.29) is 4.70 Å². The van der Waals surface area contributed by atoms with Crippen LogP contribution >= 0.6 is 0 Å². The van der Waals surface area contributed by atoms with Gasteiger partial charge in [-0.2, -0.15) is 0 Å². The molecule has 0 aliphatic rings. The molecule has 0 bridgehead atoms. The molecule has 0 amide bonds. The van der Waals surface area contributed by atoms with E-state index in [4.69, 9.17) is 0 Å². The first-order chi connectivity index (χ1) is 5.91. The molecular weight excluding hydrogens is 190 g/mol. The predicted octanol–water partition coefficient (Wildman–Crippen LogP) is 4.26. The van der Waals surface area contributed by atoms with Crippen LogP contribution in [0.15, 0.2) is 0 Å². The van der Waals surface area contributed by atoms with E-state index in [2.05, 4.69) is 6.92 Å². The van der Waals surface area contributed by atoms with Crippen molar-refractivity contribution >= 4 is 49.0 Å². The Balaban J connectivity index is 0. The third kappa shape index (κ3) is 16.3. The number of unbranched alkanes of at least 4 members (excludes halogenated alkanes) is 8. The first-order valence-corrected chi connectivity index (χ1v) is 8.12. The van der Waals surface area contributed by atoms with E-state index in [1.54, 1.807) is 0.515 Å². The van der Waals surface area contributed by atoms with Crippen molar-refractivity contribution in [3.63, 3.8) is 0 Å². The van der Waals surface area contributed by atoms with Crippen LogP contribution in [0.3, 0.4) is 0 Å². The average Bonchev–Trinajstić information content (AvgIpc) is 2.10. The number of hydrogen-bond acceptors (Lipinski definition) is 0. The molecule has 0 saturated heterocycles. The fourth-order valence-electron chi connectivity index (χ4n) is 1.56. The van der Waals surface area contributed by atoms with Gasteiger partial charge in [-0.1, -0.05) is 0 Å². The molecule has 13 heavy (non-hydrogen) atoms. The minimum atomic E-state index is 0. The zero-order valence-electron chi connectivity index (χ0n) is 9.48. The molecule has 0 nitrogen and oxygen atoms in total. The summed E-state index contributed by atoms with van der Waals surface area (Å²) in [5.41, 5.74) is 0. The summed E-state index contributed by atoms with van der Waals surface area (Å²) in [6, 6.07) is 0. The molecule has 0 heterocycles. The van der Waals surface area contributed by atoms with Gasteiger partial charge in [0.05, 0.1) is 0 Å². The van der Waals surface area contributed by atoms with Crippen LogP contribution in [0, 0.1) is 0 Å². The Morgan fingerprint density at radius 3 is 1.46 bits per heavy atom. The van der Waals surface area contributed by atoms with Crippen LogP contribution in [0.25, 0.3) is 0 Å². The summed E-state index contributed by atoms with van der Waals surface area (Å²) >= 11 is 1.11. The Morgan fingerprint density at radius 2 is 1.08 bits per heavy atom. The summed E-state index contributed by atoms with van der Waals surface area (Å²) in [7, 11) is 0. The number of halogens is 1. The topological polar surface area (TPSA) is 0 Å². The summed E-state index contributed by atoms with van der Waals surface area (Å²) < 4.78 is 1.56. The Kier molecular flexibility index (Phi) is 20.9. The van der Waals surface area contributed by atoms with Crippen molar-refractivity contribution in [3.8, 4) is 0 Å². The number of hydrogen-bond donors (Lipinski definition) is 0. The second-order valence-corrected chi connectivity index (χ2v) is 5.39. The maximum Gasteiger partial charge on any atom is -0.269 e. The van der Waals surface area contributed by atoms with Crippen molar-refractivity contribution in [1.82, 2.24) is 0 Å². The summed E-state index contributed by atoms with van der Waals surface area (Å²) in [6.07, 6.45) is 13.3. The van der Waals surface area contributed by atoms with Crippen LogP contribution in [0.4, 0.5) is 4.70 Å². The SMILES string of the molecule is CCCCCCCCCC[CH2][K].F. The largest absolute Gasteiger partial charge is 0.269 e. The molecule has 0 fully saturated rings. The molecule has 0 N–H and O–H groups in total. The van der Waals surface area contributed by atoms with Crippen molar-refractivity contribution in [1.29, 1.82) is 0 Å². The van der Waals surface area contributed by atoms with E-state index in [0.717, 1.165) is 49.0 Å². The molecule has 0 aliphatic heterocycles. The van der Waals surface area contributed by atoms with Crippen LogP contribution in [-0.4, -0.2) is 49.0 Å². The van der Waals surface area contributed by atoms with Crippen molar-refractivity contribution in [2.75, 3.05) is 0 Å². The monoisotopic (exact) mass is 214 g/mol. The Bertz CT molecular complexity index is 66.5. The average molecular weight is 214 g/mol. The van der Waals surface area contributed by atoms with Crippen molar-refractivity contribution in [2.24, 2.45) is 0 Å². The third-order valence-corrected chi connectivity index (χ3v) is 3.56. The molecular formula is C11H24FK. The molecule has 0 aliphatic carbocycles. The molecule has 0 aromatic heterocycles. The summed E-state index contributed by atoms with van der Waals surface area (Å²) in [4.78, 5) is 0. The van der Waals surface area contributed by atoms with E-state index >= 15 is 0 Å². The van der Waals surface area contributed by atoms with Gasteiger partial charge in [0.2, 0.25) is 0 Å². The molecule has 0 rings (SSSR count). The van der Waals surface area contributed by atoms with E-state index in [1.165, 1.54) is 57.8 Å². The smallest absolute Gasteiger partial charge is 0.269 e. The van der Waals surface area contributed by atoms with Gasteiger partial charge in [0.1, 0.15) is 0 Å². The van der Waals surface area contributed by atoms with Crippen LogP contribution in [-0.2, 0) is 0 Å². The molecule has 0 aromatic rings. The third-order valence-electron chi connectivity index (χ3n) is 2.46. The minimum Gasteiger partial charge on any atom is -0.269 e. The molecule has 0 aromatic carbocycles. The molecule has 2 heteroatoms. The maximum atomic E-state index is 2.28. The van der Waals surface area contributed by atoms with Gasteiger partial charge in [0, 0.05) is 0 Å². The van der Waals surface area contributed by atoms with Crippen LogP contribution in [0.5, 0.6) is 0 Å². The van der Waals surface area contributed by atoms with Crippen molar-refractivity contribution in [2.45, 2.75) is 65.2 Å². The van der Waals surface area contributed by atoms with Gasteiger partial charge in [0.15, 0.2) is 0 Å². The zero-order valence-corrected chi connectivity index (χ0v) is 12.6. The van der Waals surface area contributed by atoms with Crippen molar-refractivity contribution in [3.05, 3.63) is 0 Å².